The van der Waals surface area contributed by atoms with Gasteiger partial charge in [0.2, 0.25) is 5.88 Å². The van der Waals surface area contributed by atoms with Crippen LogP contribution in [0.4, 0.5) is 31.1 Å². The van der Waals surface area contributed by atoms with Crippen molar-refractivity contribution < 1.29 is 54.1 Å². The number of halogens is 6. The highest BCUT2D eigenvalue weighted by molar-refractivity contribution is 7.76. The zero-order chi connectivity index (χ0) is 26.5. The van der Waals surface area contributed by atoms with Crippen LogP contribution in [0.15, 0.2) is 48.0 Å². The Morgan fingerprint density at radius 1 is 1.19 bits per heavy atom. The van der Waals surface area contributed by atoms with Gasteiger partial charge in [-0.05, 0) is 31.6 Å². The molecule has 36 heavy (non-hydrogen) atoms. The first-order valence-corrected chi connectivity index (χ1v) is 12.0. The molecule has 0 aromatic heterocycles. The number of hydrogen-bond acceptors (Lipinski definition) is 5. The van der Waals surface area contributed by atoms with E-state index in [2.05, 4.69) is 4.74 Å². The summed E-state index contributed by atoms with van der Waals surface area (Å²) >= 11 is -2.52. The molecular weight excluding hydrogens is 522 g/mol. The Kier molecular flexibility index (Phi) is 8.98. The number of hydrogen-bond donors (Lipinski definition) is 1. The molecule has 1 N–H and O–H groups in total. The van der Waals surface area contributed by atoms with Crippen LogP contribution in [-0.4, -0.2) is 62.2 Å². The van der Waals surface area contributed by atoms with Gasteiger partial charge in [-0.25, -0.2) is 13.3 Å². The van der Waals surface area contributed by atoms with Crippen molar-refractivity contribution in [3.63, 3.8) is 0 Å². The normalized spacial score (nSPS) is 20.1. The van der Waals surface area contributed by atoms with Crippen LogP contribution in [0.1, 0.15) is 32.1 Å². The Morgan fingerprint density at radius 2 is 1.86 bits per heavy atom. The quantitative estimate of drug-likeness (QED) is 0.352. The molecule has 8 nitrogen and oxygen atoms in total. The molecule has 0 spiro atoms. The monoisotopic (exact) mass is 546 g/mol. The van der Waals surface area contributed by atoms with E-state index in [9.17, 15) is 39.9 Å². The summed E-state index contributed by atoms with van der Waals surface area (Å²) in [7, 11) is 0. The average molecular weight is 546 g/mol. The smallest absolute Gasteiger partial charge is 0.434 e. The minimum atomic E-state index is -5.80. The maximum Gasteiger partial charge on any atom is 0.434 e. The van der Waals surface area contributed by atoms with Gasteiger partial charge in [-0.3, -0.25) is 4.55 Å². The zero-order valence-electron chi connectivity index (χ0n) is 18.8. The molecule has 0 radical (unpaired) electrons. The van der Waals surface area contributed by atoms with Crippen molar-refractivity contribution in [1.29, 1.82) is 0 Å². The fourth-order valence-corrected chi connectivity index (χ4v) is 4.39. The van der Waals surface area contributed by atoms with E-state index in [0.717, 1.165) is 33.9 Å². The minimum absolute atomic E-state index is 0.0275. The SMILES string of the molecule is O=C(OC(C(F)(F)F)C(F)(F)F)N1CCC(CN(C2=COC=C(CC3=CC=CCC3)O2)S(=O)O)CC1. The average Bonchev–Trinajstić information content (AvgIpc) is 2.80. The summed E-state index contributed by atoms with van der Waals surface area (Å²) in [6.45, 7) is -0.421. The van der Waals surface area contributed by atoms with Gasteiger partial charge < -0.3 is 19.1 Å². The van der Waals surface area contributed by atoms with Crippen molar-refractivity contribution in [1.82, 2.24) is 9.21 Å². The van der Waals surface area contributed by atoms with Crippen molar-refractivity contribution in [2.45, 2.75) is 50.6 Å². The molecular formula is C21H24F6N2O6S. The van der Waals surface area contributed by atoms with Crippen LogP contribution in [-0.2, 0) is 25.5 Å². The standard InChI is InChI=1S/C21H24F6N2O6S/c22-20(23,24)18(21(25,26)27)35-19(30)28-8-6-15(7-9-28)11-29(36(31)32)17-13-33-12-16(34-17)10-14-4-2-1-3-5-14/h1-2,4,12-13,15,18H,3,5-11H2,(H,31,32). The molecule has 1 aliphatic carbocycles. The van der Waals surface area contributed by atoms with E-state index in [-0.39, 0.29) is 44.3 Å². The summed E-state index contributed by atoms with van der Waals surface area (Å²) in [4.78, 5) is 12.7. The first-order valence-electron chi connectivity index (χ1n) is 10.9. The van der Waals surface area contributed by atoms with Gasteiger partial charge in [0.25, 0.3) is 17.4 Å². The number of ether oxygens (including phenoxy) is 3. The lowest BCUT2D eigenvalue weighted by molar-refractivity contribution is -0.308. The zero-order valence-corrected chi connectivity index (χ0v) is 19.6. The highest BCUT2D eigenvalue weighted by atomic mass is 32.2. The Labute approximate surface area is 205 Å². The number of alkyl halides is 6. The minimum Gasteiger partial charge on any atom is -0.463 e. The van der Waals surface area contributed by atoms with E-state index >= 15 is 0 Å². The first kappa shape index (κ1) is 27.9. The second kappa shape index (κ2) is 11.6. The fraction of sp³-hybridized carbons (Fsp3) is 0.571. The molecule has 0 aromatic carbocycles. The van der Waals surface area contributed by atoms with Gasteiger partial charge in [-0.1, -0.05) is 23.8 Å². The van der Waals surface area contributed by atoms with Gasteiger partial charge in [0.05, 0.1) is 0 Å². The number of carbonyl (C=O) groups excluding carboxylic acids is 1. The highest BCUT2D eigenvalue weighted by Crippen LogP contribution is 2.36. The molecule has 1 saturated heterocycles. The van der Waals surface area contributed by atoms with Crippen LogP contribution >= 0.6 is 0 Å². The number of amides is 1. The summed E-state index contributed by atoms with van der Waals surface area (Å²) in [5, 5.41) is 0. The largest absolute Gasteiger partial charge is 0.463 e. The van der Waals surface area contributed by atoms with E-state index in [1.54, 1.807) is 0 Å². The van der Waals surface area contributed by atoms with Gasteiger partial charge in [0.1, 0.15) is 12.0 Å². The molecule has 1 amide bonds. The number of allylic oxidation sites excluding steroid dienone is 4. The summed E-state index contributed by atoms with van der Waals surface area (Å²) in [6, 6.07) is 0. The molecule has 0 saturated carbocycles. The molecule has 0 aromatic rings. The van der Waals surface area contributed by atoms with Crippen molar-refractivity contribution in [3.05, 3.63) is 48.0 Å². The lowest BCUT2D eigenvalue weighted by atomic mass is 9.97. The van der Waals surface area contributed by atoms with Crippen LogP contribution < -0.4 is 0 Å². The second-order valence-corrected chi connectivity index (χ2v) is 9.22. The van der Waals surface area contributed by atoms with Crippen LogP contribution in [0.3, 0.4) is 0 Å². The van der Waals surface area contributed by atoms with Gasteiger partial charge >= 0.3 is 18.4 Å². The van der Waals surface area contributed by atoms with E-state index in [1.807, 2.05) is 18.2 Å². The lowest BCUT2D eigenvalue weighted by Crippen LogP contribution is -2.49. The molecule has 3 aliphatic rings. The number of piperidine rings is 1. The Hall–Kier alpha value is -2.68. The summed E-state index contributed by atoms with van der Waals surface area (Å²) < 4.78 is 113. The van der Waals surface area contributed by atoms with Crippen LogP contribution in [0.25, 0.3) is 0 Å². The summed E-state index contributed by atoms with van der Waals surface area (Å²) in [6.07, 6.45) is -6.72. The Balaban J connectivity index is 1.54. The first-order chi connectivity index (χ1) is 16.8. The molecule has 3 rings (SSSR count). The molecule has 202 valence electrons. The Bertz CT molecular complexity index is 940. The van der Waals surface area contributed by atoms with E-state index in [1.165, 1.54) is 6.26 Å². The number of likely N-dealkylation sites (tertiary alicyclic amines) is 1. The van der Waals surface area contributed by atoms with Crippen molar-refractivity contribution in [2.24, 2.45) is 5.92 Å². The molecule has 1 fully saturated rings. The summed E-state index contributed by atoms with van der Waals surface area (Å²) in [5.41, 5.74) is 1.09. The molecule has 2 aliphatic heterocycles. The Morgan fingerprint density at radius 3 is 2.42 bits per heavy atom. The maximum absolute atomic E-state index is 12.6. The van der Waals surface area contributed by atoms with Crippen LogP contribution in [0, 0.1) is 5.92 Å². The number of carbonyl (C=O) groups is 1. The lowest BCUT2D eigenvalue weighted by Gasteiger charge is -2.35. The van der Waals surface area contributed by atoms with Gasteiger partial charge in [-0.15, -0.1) is 0 Å². The van der Waals surface area contributed by atoms with Crippen LogP contribution in [0.5, 0.6) is 0 Å². The van der Waals surface area contributed by atoms with E-state index in [4.69, 9.17) is 9.47 Å². The third kappa shape index (κ3) is 7.66. The van der Waals surface area contributed by atoms with E-state index in [0.29, 0.717) is 12.2 Å². The van der Waals surface area contributed by atoms with Crippen LogP contribution in [0.2, 0.25) is 0 Å². The molecule has 1 atom stereocenters. The van der Waals surface area contributed by atoms with Gasteiger partial charge in [-0.2, -0.15) is 26.3 Å². The van der Waals surface area contributed by atoms with E-state index < -0.39 is 35.8 Å². The molecule has 15 heteroatoms. The summed E-state index contributed by atoms with van der Waals surface area (Å²) in [5.74, 6) is 0.0718. The molecule has 1 unspecified atom stereocenters. The topological polar surface area (TPSA) is 88.5 Å². The van der Waals surface area contributed by atoms with Gasteiger partial charge in [0.15, 0.2) is 6.26 Å². The highest BCUT2D eigenvalue weighted by Gasteiger charge is 2.60. The van der Waals surface area contributed by atoms with Gasteiger partial charge in [0, 0.05) is 26.1 Å². The van der Waals surface area contributed by atoms with Crippen molar-refractivity contribution >= 4 is 17.4 Å². The molecule has 2 heterocycles. The predicted octanol–water partition coefficient (Wildman–Crippen LogP) is 5.12. The maximum atomic E-state index is 12.6. The second-order valence-electron chi connectivity index (χ2n) is 8.32. The number of nitrogens with zero attached hydrogens (tertiary/aromatic N) is 2. The molecule has 0 bridgehead atoms. The third-order valence-corrected chi connectivity index (χ3v) is 6.36. The predicted molar refractivity (Wildman–Crippen MR) is 114 cm³/mol. The van der Waals surface area contributed by atoms with Crippen molar-refractivity contribution in [2.75, 3.05) is 19.6 Å². The van der Waals surface area contributed by atoms with Crippen molar-refractivity contribution in [3.8, 4) is 0 Å². The third-order valence-electron chi connectivity index (χ3n) is 5.65. The fourth-order valence-electron chi connectivity index (χ4n) is 3.82. The number of rotatable bonds is 7.